The van der Waals surface area contributed by atoms with Crippen LogP contribution in [0.4, 0.5) is 10.1 Å². The maximum atomic E-state index is 12.9. The van der Waals surface area contributed by atoms with Gasteiger partial charge in [-0.15, -0.1) is 0 Å². The van der Waals surface area contributed by atoms with Crippen LogP contribution in [0.25, 0.3) is 0 Å². The predicted octanol–water partition coefficient (Wildman–Crippen LogP) is 4.23. The second kappa shape index (κ2) is 6.43. The molecule has 0 aliphatic heterocycles. The highest BCUT2D eigenvalue weighted by molar-refractivity contribution is 14.1. The van der Waals surface area contributed by atoms with Crippen molar-refractivity contribution in [3.8, 4) is 5.75 Å². The minimum absolute atomic E-state index is 0.270. The zero-order valence-electron chi connectivity index (χ0n) is 11.7. The van der Waals surface area contributed by atoms with E-state index >= 15 is 0 Å². The molecule has 110 valence electrons. The van der Waals surface area contributed by atoms with Gasteiger partial charge < -0.3 is 10.1 Å². The van der Waals surface area contributed by atoms with Crippen molar-refractivity contribution in [3.05, 3.63) is 57.9 Å². The fraction of sp³-hybridized carbons (Fsp3) is 0.188. The van der Waals surface area contributed by atoms with Crippen LogP contribution in [0.5, 0.6) is 5.75 Å². The molecule has 2 aromatic rings. The molecule has 0 saturated carbocycles. The van der Waals surface area contributed by atoms with Crippen molar-refractivity contribution >= 4 is 34.2 Å². The van der Waals surface area contributed by atoms with Crippen LogP contribution in [-0.2, 0) is 4.79 Å². The van der Waals surface area contributed by atoms with Gasteiger partial charge in [-0.1, -0.05) is 0 Å². The minimum Gasteiger partial charge on any atom is -0.478 e. The molecule has 0 radical (unpaired) electrons. The van der Waals surface area contributed by atoms with Crippen LogP contribution < -0.4 is 10.1 Å². The van der Waals surface area contributed by atoms with Gasteiger partial charge in [0.25, 0.3) is 5.91 Å². The van der Waals surface area contributed by atoms with Gasteiger partial charge in [0.15, 0.2) is 5.60 Å². The van der Waals surface area contributed by atoms with E-state index in [1.54, 1.807) is 13.8 Å². The monoisotopic (exact) mass is 399 g/mol. The van der Waals surface area contributed by atoms with Gasteiger partial charge in [0.1, 0.15) is 11.6 Å². The number of nitrogens with one attached hydrogen (secondary N) is 1. The van der Waals surface area contributed by atoms with Crippen LogP contribution in [0.15, 0.2) is 48.5 Å². The number of benzene rings is 2. The zero-order chi connectivity index (χ0) is 15.5. The third-order valence-corrected chi connectivity index (χ3v) is 3.55. The number of halogens is 2. The van der Waals surface area contributed by atoms with Gasteiger partial charge in [-0.05, 0) is 85.0 Å². The molecule has 1 N–H and O–H groups in total. The van der Waals surface area contributed by atoms with Gasteiger partial charge in [0, 0.05) is 9.26 Å². The Morgan fingerprint density at radius 2 is 1.67 bits per heavy atom. The predicted molar refractivity (Wildman–Crippen MR) is 88.9 cm³/mol. The number of ether oxygens (including phenoxy) is 1. The number of carbonyl (C=O) groups excluding carboxylic acids is 1. The first-order valence-electron chi connectivity index (χ1n) is 6.38. The summed E-state index contributed by atoms with van der Waals surface area (Å²) < 4.78 is 19.6. The van der Waals surface area contributed by atoms with Gasteiger partial charge in [-0.25, -0.2) is 4.39 Å². The number of hydrogen-bond donors (Lipinski definition) is 1. The molecule has 0 heterocycles. The molecule has 0 saturated heterocycles. The third-order valence-electron chi connectivity index (χ3n) is 2.84. The van der Waals surface area contributed by atoms with E-state index in [-0.39, 0.29) is 11.7 Å². The number of amides is 1. The SMILES string of the molecule is CC(C)(Oc1ccc(F)cc1)C(=O)Nc1ccc(I)cc1. The summed E-state index contributed by atoms with van der Waals surface area (Å²) in [6.07, 6.45) is 0. The lowest BCUT2D eigenvalue weighted by molar-refractivity contribution is -0.128. The summed E-state index contributed by atoms with van der Waals surface area (Å²) >= 11 is 2.20. The van der Waals surface area contributed by atoms with E-state index in [4.69, 9.17) is 4.74 Å². The van der Waals surface area contributed by atoms with E-state index < -0.39 is 5.60 Å². The summed E-state index contributed by atoms with van der Waals surface area (Å²) in [6, 6.07) is 13.0. The molecule has 0 aliphatic carbocycles. The van der Waals surface area contributed by atoms with Gasteiger partial charge >= 0.3 is 0 Å². The van der Waals surface area contributed by atoms with Gasteiger partial charge in [-0.3, -0.25) is 4.79 Å². The van der Waals surface area contributed by atoms with Crippen molar-refractivity contribution in [2.75, 3.05) is 5.32 Å². The van der Waals surface area contributed by atoms with E-state index in [1.165, 1.54) is 24.3 Å². The first kappa shape index (κ1) is 15.8. The molecule has 0 spiro atoms. The lowest BCUT2D eigenvalue weighted by Crippen LogP contribution is -2.42. The molecule has 0 unspecified atom stereocenters. The fourth-order valence-electron chi connectivity index (χ4n) is 1.66. The Morgan fingerprint density at radius 1 is 1.10 bits per heavy atom. The summed E-state index contributed by atoms with van der Waals surface area (Å²) in [5.74, 6) is -0.171. The van der Waals surface area contributed by atoms with E-state index in [2.05, 4.69) is 27.9 Å². The zero-order valence-corrected chi connectivity index (χ0v) is 13.8. The molecule has 2 aromatic carbocycles. The summed E-state index contributed by atoms with van der Waals surface area (Å²) in [4.78, 5) is 12.3. The third kappa shape index (κ3) is 4.42. The highest BCUT2D eigenvalue weighted by Gasteiger charge is 2.30. The lowest BCUT2D eigenvalue weighted by Gasteiger charge is -2.25. The minimum atomic E-state index is -1.07. The molecule has 0 fully saturated rings. The molecule has 5 heteroatoms. The number of hydrogen-bond acceptors (Lipinski definition) is 2. The van der Waals surface area contributed by atoms with E-state index in [0.717, 1.165) is 3.57 Å². The van der Waals surface area contributed by atoms with Gasteiger partial charge in [-0.2, -0.15) is 0 Å². The van der Waals surface area contributed by atoms with Crippen LogP contribution in [-0.4, -0.2) is 11.5 Å². The maximum absolute atomic E-state index is 12.9. The Labute approximate surface area is 136 Å². The molecular weight excluding hydrogens is 384 g/mol. The molecule has 0 aliphatic rings. The second-order valence-electron chi connectivity index (χ2n) is 5.03. The summed E-state index contributed by atoms with van der Waals surface area (Å²) in [5.41, 5.74) is -0.364. The molecule has 3 nitrogen and oxygen atoms in total. The number of rotatable bonds is 4. The van der Waals surface area contributed by atoms with Crippen LogP contribution in [0.1, 0.15) is 13.8 Å². The van der Waals surface area contributed by atoms with Gasteiger partial charge in [0.2, 0.25) is 0 Å². The molecule has 0 atom stereocenters. The molecule has 0 bridgehead atoms. The van der Waals surface area contributed by atoms with Crippen molar-refractivity contribution in [3.63, 3.8) is 0 Å². The topological polar surface area (TPSA) is 38.3 Å². The Kier molecular flexibility index (Phi) is 4.82. The van der Waals surface area contributed by atoms with Crippen molar-refractivity contribution in [2.45, 2.75) is 19.4 Å². The standard InChI is InChI=1S/C16H15FINO2/c1-16(2,21-14-9-3-11(17)4-10-14)15(20)19-13-7-5-12(18)6-8-13/h3-10H,1-2H3,(H,19,20). The Morgan fingerprint density at radius 3 is 2.24 bits per heavy atom. The Balaban J connectivity index is 2.05. The van der Waals surface area contributed by atoms with Crippen LogP contribution in [0.2, 0.25) is 0 Å². The number of carbonyl (C=O) groups is 1. The average molecular weight is 399 g/mol. The molecule has 1 amide bonds. The largest absolute Gasteiger partial charge is 0.478 e. The second-order valence-corrected chi connectivity index (χ2v) is 6.27. The van der Waals surface area contributed by atoms with Crippen LogP contribution >= 0.6 is 22.6 Å². The van der Waals surface area contributed by atoms with Crippen molar-refractivity contribution < 1.29 is 13.9 Å². The van der Waals surface area contributed by atoms with Crippen molar-refractivity contribution in [1.29, 1.82) is 0 Å². The summed E-state index contributed by atoms with van der Waals surface area (Å²) in [6.45, 7) is 3.33. The van der Waals surface area contributed by atoms with Gasteiger partial charge in [0.05, 0.1) is 0 Å². The lowest BCUT2D eigenvalue weighted by atomic mass is 10.1. The highest BCUT2D eigenvalue weighted by atomic mass is 127. The molecule has 2 rings (SSSR count). The first-order chi connectivity index (χ1) is 9.87. The Hall–Kier alpha value is -1.63. The van der Waals surface area contributed by atoms with E-state index in [0.29, 0.717) is 11.4 Å². The maximum Gasteiger partial charge on any atom is 0.267 e. The average Bonchev–Trinajstić information content (AvgIpc) is 2.43. The van der Waals surface area contributed by atoms with Crippen molar-refractivity contribution in [1.82, 2.24) is 0 Å². The van der Waals surface area contributed by atoms with Crippen LogP contribution in [0.3, 0.4) is 0 Å². The summed E-state index contributed by atoms with van der Waals surface area (Å²) in [5, 5.41) is 2.80. The smallest absolute Gasteiger partial charge is 0.267 e. The first-order valence-corrected chi connectivity index (χ1v) is 7.46. The molecule has 21 heavy (non-hydrogen) atoms. The van der Waals surface area contributed by atoms with Crippen molar-refractivity contribution in [2.24, 2.45) is 0 Å². The normalized spacial score (nSPS) is 11.0. The quantitative estimate of drug-likeness (QED) is 0.782. The Bertz CT molecular complexity index is 624. The molecule has 0 aromatic heterocycles. The van der Waals surface area contributed by atoms with Crippen LogP contribution in [0, 0.1) is 9.39 Å². The summed E-state index contributed by atoms with van der Waals surface area (Å²) in [7, 11) is 0. The highest BCUT2D eigenvalue weighted by Crippen LogP contribution is 2.21. The number of anilines is 1. The van der Waals surface area contributed by atoms with E-state index in [9.17, 15) is 9.18 Å². The van der Waals surface area contributed by atoms with E-state index in [1.807, 2.05) is 24.3 Å². The fourth-order valence-corrected chi connectivity index (χ4v) is 2.02. The molecular formula is C16H15FINO2.